The van der Waals surface area contributed by atoms with Crippen LogP contribution in [0.5, 0.6) is 0 Å². The van der Waals surface area contributed by atoms with Gasteiger partial charge in [0.05, 0.1) is 5.75 Å². The summed E-state index contributed by atoms with van der Waals surface area (Å²) in [5.74, 6) is -0.276. The van der Waals surface area contributed by atoms with E-state index in [0.717, 1.165) is 12.8 Å². The molecule has 2 atom stereocenters. The van der Waals surface area contributed by atoms with E-state index in [1.807, 2.05) is 0 Å². The number of nitrogens with zero attached hydrogens (tertiary/aromatic N) is 1. The van der Waals surface area contributed by atoms with Crippen molar-refractivity contribution in [2.45, 2.75) is 19.3 Å². The van der Waals surface area contributed by atoms with Crippen LogP contribution in [0.2, 0.25) is 0 Å². The lowest BCUT2D eigenvalue weighted by atomic mass is 9.83. The molecule has 1 unspecified atom stereocenters. The molecule has 0 aromatic heterocycles. The molecule has 2 aliphatic rings. The van der Waals surface area contributed by atoms with Gasteiger partial charge in [0.25, 0.3) is 5.91 Å². The number of hydrogen-bond acceptors (Lipinski definition) is 4. The molecular weight excluding hydrogens is 390 g/mol. The van der Waals surface area contributed by atoms with Crippen molar-refractivity contribution >= 4 is 28.6 Å². The van der Waals surface area contributed by atoms with Crippen LogP contribution < -0.4 is 0 Å². The third kappa shape index (κ3) is 3.80. The van der Waals surface area contributed by atoms with Gasteiger partial charge < -0.3 is 9.45 Å². The largest absolute Gasteiger partial charge is 0.339 e. The van der Waals surface area contributed by atoms with Gasteiger partial charge in [-0.25, -0.2) is 4.21 Å². The van der Waals surface area contributed by atoms with Crippen LogP contribution in [0.3, 0.4) is 0 Å². The van der Waals surface area contributed by atoms with Crippen molar-refractivity contribution in [2.75, 3.05) is 18.8 Å². The minimum Gasteiger partial charge on any atom is -0.339 e. The zero-order chi connectivity index (χ0) is 20.5. The number of ketones is 2. The quantitative estimate of drug-likeness (QED) is 0.669. The lowest BCUT2D eigenvalue weighted by Gasteiger charge is -2.22. The summed E-state index contributed by atoms with van der Waals surface area (Å²) >= 11 is -1.83. The van der Waals surface area contributed by atoms with Crippen LogP contribution in [0.15, 0.2) is 42.5 Å². The van der Waals surface area contributed by atoms with E-state index in [9.17, 15) is 18.6 Å². The van der Waals surface area contributed by atoms with E-state index in [-0.39, 0.29) is 34.7 Å². The molecule has 29 heavy (non-hydrogen) atoms. The van der Waals surface area contributed by atoms with Crippen molar-refractivity contribution in [1.29, 1.82) is 0 Å². The molecule has 2 aromatic carbocycles. The molecule has 7 heteroatoms. The van der Waals surface area contributed by atoms with E-state index in [1.165, 1.54) is 6.07 Å². The summed E-state index contributed by atoms with van der Waals surface area (Å²) in [6.45, 7) is 1.08. The van der Waals surface area contributed by atoms with Crippen LogP contribution in [0.1, 0.15) is 61.5 Å². The molecule has 6 nitrogen and oxygen atoms in total. The first-order valence-electron chi connectivity index (χ1n) is 9.65. The lowest BCUT2D eigenvalue weighted by molar-refractivity contribution is 0.0760. The molecule has 1 fully saturated rings. The standard InChI is InChI=1S/C22H21NO5S/c24-20-16-5-1-2-6-17(16)21(25)19-12-15(7-8-18(19)20)22(26)23-10-3-4-14(9-11-23)13-29(27)28/h1-2,5-8,12,14H,3-4,9-11,13H2,(H,27,28)/t14-/m0/s1. The van der Waals surface area contributed by atoms with Gasteiger partial charge in [0, 0.05) is 40.9 Å². The Balaban J connectivity index is 1.58. The van der Waals surface area contributed by atoms with Gasteiger partial charge in [-0.3, -0.25) is 14.4 Å². The van der Waals surface area contributed by atoms with Gasteiger partial charge >= 0.3 is 0 Å². The molecule has 0 bridgehead atoms. The number of hydrogen-bond donors (Lipinski definition) is 1. The second-order valence-electron chi connectivity index (χ2n) is 7.54. The predicted octanol–water partition coefficient (Wildman–Crippen LogP) is 2.93. The van der Waals surface area contributed by atoms with Gasteiger partial charge in [-0.15, -0.1) is 0 Å². The second kappa shape index (κ2) is 8.00. The van der Waals surface area contributed by atoms with Crippen molar-refractivity contribution in [3.8, 4) is 0 Å². The highest BCUT2D eigenvalue weighted by Crippen LogP contribution is 2.28. The Morgan fingerprint density at radius 2 is 1.62 bits per heavy atom. The van der Waals surface area contributed by atoms with E-state index >= 15 is 0 Å². The van der Waals surface area contributed by atoms with Gasteiger partial charge in [0.1, 0.15) is 0 Å². The minimum atomic E-state index is -1.83. The van der Waals surface area contributed by atoms with E-state index in [4.69, 9.17) is 4.55 Å². The van der Waals surface area contributed by atoms with Gasteiger partial charge in [-0.05, 0) is 43.4 Å². The molecule has 1 aliphatic heterocycles. The summed E-state index contributed by atoms with van der Waals surface area (Å²) in [4.78, 5) is 40.3. The third-order valence-electron chi connectivity index (χ3n) is 5.69. The van der Waals surface area contributed by atoms with Crippen LogP contribution >= 0.6 is 0 Å². The number of fused-ring (bicyclic) bond motifs is 2. The summed E-state index contributed by atoms with van der Waals surface area (Å²) in [5.41, 5.74) is 1.73. The summed E-state index contributed by atoms with van der Waals surface area (Å²) < 4.78 is 20.2. The number of likely N-dealkylation sites (tertiary alicyclic amines) is 1. The molecule has 1 amide bonds. The van der Waals surface area contributed by atoms with Crippen LogP contribution in [-0.2, 0) is 11.1 Å². The van der Waals surface area contributed by atoms with Crippen LogP contribution in [0.25, 0.3) is 0 Å². The fraction of sp³-hybridized carbons (Fsp3) is 0.318. The first-order chi connectivity index (χ1) is 14.0. The molecule has 0 saturated carbocycles. The Morgan fingerprint density at radius 3 is 2.31 bits per heavy atom. The highest BCUT2D eigenvalue weighted by Gasteiger charge is 2.31. The van der Waals surface area contributed by atoms with Gasteiger partial charge in [-0.1, -0.05) is 24.3 Å². The van der Waals surface area contributed by atoms with E-state index in [0.29, 0.717) is 41.8 Å². The highest BCUT2D eigenvalue weighted by molar-refractivity contribution is 7.79. The van der Waals surface area contributed by atoms with Crippen molar-refractivity contribution in [2.24, 2.45) is 5.92 Å². The molecule has 1 saturated heterocycles. The molecule has 4 rings (SSSR count). The van der Waals surface area contributed by atoms with Crippen molar-refractivity contribution in [1.82, 2.24) is 4.90 Å². The number of amides is 1. The lowest BCUT2D eigenvalue weighted by Crippen LogP contribution is -2.32. The number of carbonyl (C=O) groups excluding carboxylic acids is 3. The monoisotopic (exact) mass is 411 g/mol. The first-order valence-corrected chi connectivity index (χ1v) is 10.9. The summed E-state index contributed by atoms with van der Waals surface area (Å²) in [6, 6.07) is 11.4. The average Bonchev–Trinajstić information content (AvgIpc) is 2.96. The second-order valence-corrected chi connectivity index (χ2v) is 8.52. The van der Waals surface area contributed by atoms with Crippen molar-refractivity contribution < 1.29 is 23.1 Å². The number of rotatable bonds is 3. The van der Waals surface area contributed by atoms with Crippen LogP contribution in [0, 0.1) is 5.92 Å². The van der Waals surface area contributed by atoms with Crippen LogP contribution in [-0.4, -0.2) is 50.0 Å². The summed E-state index contributed by atoms with van der Waals surface area (Å²) in [5, 5.41) is 0. The average molecular weight is 411 g/mol. The zero-order valence-electron chi connectivity index (χ0n) is 15.8. The highest BCUT2D eigenvalue weighted by atomic mass is 32.2. The molecular formula is C22H21NO5S. The minimum absolute atomic E-state index is 0.123. The maximum Gasteiger partial charge on any atom is 0.253 e. The van der Waals surface area contributed by atoms with Gasteiger partial charge in [0.2, 0.25) is 0 Å². The number of benzene rings is 2. The Kier molecular flexibility index (Phi) is 5.43. The Bertz CT molecular complexity index is 1030. The Hall–Kier alpha value is -2.64. The SMILES string of the molecule is O=C1c2ccccc2C(=O)c2cc(C(=O)N3CCC[C@H](CS(=O)O)CC3)ccc21. The topological polar surface area (TPSA) is 91.8 Å². The van der Waals surface area contributed by atoms with E-state index in [2.05, 4.69) is 0 Å². The Morgan fingerprint density at radius 1 is 0.966 bits per heavy atom. The first kappa shape index (κ1) is 19.7. The molecule has 1 aliphatic carbocycles. The van der Waals surface area contributed by atoms with E-state index < -0.39 is 11.1 Å². The fourth-order valence-corrected chi connectivity index (χ4v) is 4.89. The van der Waals surface area contributed by atoms with Crippen molar-refractivity contribution in [3.63, 3.8) is 0 Å². The maximum absolute atomic E-state index is 13.0. The van der Waals surface area contributed by atoms with Crippen molar-refractivity contribution in [3.05, 3.63) is 70.3 Å². The summed E-state index contributed by atoms with van der Waals surface area (Å²) in [7, 11) is 0. The van der Waals surface area contributed by atoms with Crippen LogP contribution in [0.4, 0.5) is 0 Å². The maximum atomic E-state index is 13.0. The predicted molar refractivity (Wildman–Crippen MR) is 109 cm³/mol. The molecule has 1 N–H and O–H groups in total. The third-order valence-corrected chi connectivity index (χ3v) is 6.44. The van der Waals surface area contributed by atoms with Gasteiger partial charge in [0.15, 0.2) is 22.6 Å². The Labute approximate surface area is 171 Å². The normalized spacial score (nSPS) is 19.9. The fourth-order valence-electron chi connectivity index (χ4n) is 4.15. The molecule has 0 spiro atoms. The molecule has 2 aromatic rings. The zero-order valence-corrected chi connectivity index (χ0v) is 16.6. The smallest absolute Gasteiger partial charge is 0.253 e. The summed E-state index contributed by atoms with van der Waals surface area (Å²) in [6.07, 6.45) is 2.25. The molecule has 1 heterocycles. The molecule has 0 radical (unpaired) electrons. The van der Waals surface area contributed by atoms with Gasteiger partial charge in [-0.2, -0.15) is 0 Å². The number of carbonyl (C=O) groups is 3. The molecule has 150 valence electrons. The van der Waals surface area contributed by atoms with E-state index in [1.54, 1.807) is 41.3 Å².